The van der Waals surface area contributed by atoms with Gasteiger partial charge in [0.2, 0.25) is 0 Å². The summed E-state index contributed by atoms with van der Waals surface area (Å²) in [5.41, 5.74) is 3.86. The number of nitrogens with zero attached hydrogens (tertiary/aromatic N) is 1. The standard InChI is InChI=1S/C19H16N2O2S/c22-11-15-8-16(2-3-17(15)18-10-20-12-23-18)21-9-13-1-4-19-14(7-13)5-6-24-19/h1-8,10,12,21-22H,9,11H2. The van der Waals surface area contributed by atoms with Gasteiger partial charge >= 0.3 is 0 Å². The van der Waals surface area contributed by atoms with Gasteiger partial charge in [0.1, 0.15) is 0 Å². The first-order valence-electron chi connectivity index (χ1n) is 7.66. The summed E-state index contributed by atoms with van der Waals surface area (Å²) < 4.78 is 6.63. The van der Waals surface area contributed by atoms with Crippen LogP contribution in [0.15, 0.2) is 64.9 Å². The normalized spacial score (nSPS) is 11.0. The number of hydrogen-bond acceptors (Lipinski definition) is 5. The van der Waals surface area contributed by atoms with Crippen LogP contribution < -0.4 is 5.32 Å². The Bertz CT molecular complexity index is 961. The first-order chi connectivity index (χ1) is 11.8. The van der Waals surface area contributed by atoms with Gasteiger partial charge in [-0.25, -0.2) is 4.98 Å². The number of nitrogens with one attached hydrogen (secondary N) is 1. The van der Waals surface area contributed by atoms with Crippen LogP contribution in [0.4, 0.5) is 5.69 Å². The number of rotatable bonds is 5. The Morgan fingerprint density at radius 3 is 2.92 bits per heavy atom. The molecule has 4 aromatic rings. The van der Waals surface area contributed by atoms with Crippen LogP contribution >= 0.6 is 11.3 Å². The second-order valence-electron chi connectivity index (χ2n) is 5.54. The smallest absolute Gasteiger partial charge is 0.181 e. The number of aromatic nitrogens is 1. The highest BCUT2D eigenvalue weighted by Gasteiger charge is 2.09. The van der Waals surface area contributed by atoms with Crippen LogP contribution in [-0.2, 0) is 13.2 Å². The summed E-state index contributed by atoms with van der Waals surface area (Å²) in [5, 5.41) is 16.4. The van der Waals surface area contributed by atoms with Crippen molar-refractivity contribution in [2.45, 2.75) is 13.2 Å². The van der Waals surface area contributed by atoms with E-state index in [-0.39, 0.29) is 6.61 Å². The largest absolute Gasteiger partial charge is 0.444 e. The molecule has 2 aromatic heterocycles. The molecule has 0 unspecified atom stereocenters. The fraction of sp³-hybridized carbons (Fsp3) is 0.105. The van der Waals surface area contributed by atoms with E-state index in [9.17, 15) is 5.11 Å². The third kappa shape index (κ3) is 2.91. The molecule has 2 aromatic carbocycles. The predicted molar refractivity (Wildman–Crippen MR) is 97.0 cm³/mol. The summed E-state index contributed by atoms with van der Waals surface area (Å²) in [4.78, 5) is 3.93. The van der Waals surface area contributed by atoms with E-state index in [1.165, 1.54) is 22.0 Å². The van der Waals surface area contributed by atoms with Crippen molar-refractivity contribution in [3.05, 3.63) is 71.6 Å². The summed E-state index contributed by atoms with van der Waals surface area (Å²) in [7, 11) is 0. The maximum absolute atomic E-state index is 9.63. The lowest BCUT2D eigenvalue weighted by Crippen LogP contribution is -2.00. The molecule has 0 bridgehead atoms. The first-order valence-corrected chi connectivity index (χ1v) is 8.54. The van der Waals surface area contributed by atoms with E-state index in [4.69, 9.17) is 4.42 Å². The van der Waals surface area contributed by atoms with Crippen molar-refractivity contribution >= 4 is 27.1 Å². The van der Waals surface area contributed by atoms with Crippen molar-refractivity contribution in [1.82, 2.24) is 4.98 Å². The van der Waals surface area contributed by atoms with Gasteiger partial charge in [-0.15, -0.1) is 11.3 Å². The van der Waals surface area contributed by atoms with Crippen molar-refractivity contribution in [2.24, 2.45) is 0 Å². The minimum Gasteiger partial charge on any atom is -0.444 e. The Morgan fingerprint density at radius 2 is 2.08 bits per heavy atom. The number of benzene rings is 2. The SMILES string of the molecule is OCc1cc(NCc2ccc3sccc3c2)ccc1-c1cnco1. The number of anilines is 1. The molecule has 0 saturated carbocycles. The van der Waals surface area contributed by atoms with Crippen LogP contribution in [0.2, 0.25) is 0 Å². The van der Waals surface area contributed by atoms with E-state index in [0.29, 0.717) is 5.76 Å². The Morgan fingerprint density at radius 1 is 1.12 bits per heavy atom. The second-order valence-corrected chi connectivity index (χ2v) is 6.49. The second kappa shape index (κ2) is 6.47. The van der Waals surface area contributed by atoms with E-state index in [1.807, 2.05) is 18.2 Å². The lowest BCUT2D eigenvalue weighted by Gasteiger charge is -2.11. The zero-order valence-electron chi connectivity index (χ0n) is 12.9. The number of hydrogen-bond donors (Lipinski definition) is 2. The lowest BCUT2D eigenvalue weighted by atomic mass is 10.1. The summed E-state index contributed by atoms with van der Waals surface area (Å²) in [5.74, 6) is 0.661. The van der Waals surface area contributed by atoms with Crippen LogP contribution in [0, 0.1) is 0 Å². The zero-order chi connectivity index (χ0) is 16.4. The molecular weight excluding hydrogens is 320 g/mol. The highest BCUT2D eigenvalue weighted by molar-refractivity contribution is 7.17. The molecule has 0 saturated heterocycles. The maximum atomic E-state index is 9.63. The van der Waals surface area contributed by atoms with Gasteiger partial charge in [0.15, 0.2) is 12.2 Å². The van der Waals surface area contributed by atoms with Gasteiger partial charge in [-0.2, -0.15) is 0 Å². The van der Waals surface area contributed by atoms with Crippen molar-refractivity contribution < 1.29 is 9.52 Å². The van der Waals surface area contributed by atoms with Crippen LogP contribution in [0.25, 0.3) is 21.4 Å². The summed E-state index contributed by atoms with van der Waals surface area (Å²) in [6, 6.07) is 14.5. The van der Waals surface area contributed by atoms with Gasteiger partial charge in [0.25, 0.3) is 0 Å². The Labute approximate surface area is 143 Å². The number of aliphatic hydroxyl groups excluding tert-OH is 1. The molecule has 24 heavy (non-hydrogen) atoms. The highest BCUT2D eigenvalue weighted by Crippen LogP contribution is 2.27. The molecule has 0 aliphatic rings. The van der Waals surface area contributed by atoms with Crippen LogP contribution in [0.1, 0.15) is 11.1 Å². The Balaban J connectivity index is 1.54. The van der Waals surface area contributed by atoms with Gasteiger partial charge in [0, 0.05) is 22.5 Å². The quantitative estimate of drug-likeness (QED) is 0.556. The molecule has 0 amide bonds. The van der Waals surface area contributed by atoms with Gasteiger partial charge in [-0.05, 0) is 58.3 Å². The Hall–Kier alpha value is -2.63. The summed E-state index contributed by atoms with van der Waals surface area (Å²) in [6.45, 7) is 0.685. The molecule has 2 heterocycles. The molecule has 0 spiro atoms. The van der Waals surface area contributed by atoms with Crippen molar-refractivity contribution in [1.29, 1.82) is 0 Å². The number of thiophene rings is 1. The number of aliphatic hydroxyl groups is 1. The maximum Gasteiger partial charge on any atom is 0.181 e. The fourth-order valence-corrected chi connectivity index (χ4v) is 3.52. The van der Waals surface area contributed by atoms with E-state index >= 15 is 0 Å². The average molecular weight is 336 g/mol. The first kappa shape index (κ1) is 14.9. The summed E-state index contributed by atoms with van der Waals surface area (Å²) in [6.07, 6.45) is 3.04. The van der Waals surface area contributed by atoms with Crippen molar-refractivity contribution in [2.75, 3.05) is 5.32 Å². The monoisotopic (exact) mass is 336 g/mol. The van der Waals surface area contributed by atoms with E-state index in [1.54, 1.807) is 17.5 Å². The van der Waals surface area contributed by atoms with Gasteiger partial charge < -0.3 is 14.8 Å². The van der Waals surface area contributed by atoms with Crippen LogP contribution in [0.5, 0.6) is 0 Å². The van der Waals surface area contributed by atoms with E-state index in [2.05, 4.69) is 39.9 Å². The number of oxazole rings is 1. The molecular formula is C19H16N2O2S. The fourth-order valence-electron chi connectivity index (χ4n) is 2.75. The highest BCUT2D eigenvalue weighted by atomic mass is 32.1. The van der Waals surface area contributed by atoms with Gasteiger partial charge in [-0.1, -0.05) is 6.07 Å². The average Bonchev–Trinajstić information content (AvgIpc) is 3.30. The van der Waals surface area contributed by atoms with E-state index < -0.39 is 0 Å². The minimum absolute atomic E-state index is 0.0492. The molecule has 4 nitrogen and oxygen atoms in total. The molecule has 2 N–H and O–H groups in total. The Kier molecular flexibility index (Phi) is 4.02. The molecule has 0 atom stereocenters. The van der Waals surface area contributed by atoms with Crippen LogP contribution in [0.3, 0.4) is 0 Å². The molecule has 0 radical (unpaired) electrons. The predicted octanol–water partition coefficient (Wildman–Crippen LogP) is 4.66. The zero-order valence-corrected chi connectivity index (χ0v) is 13.7. The third-order valence-corrected chi connectivity index (χ3v) is 4.88. The molecule has 0 aliphatic carbocycles. The van der Waals surface area contributed by atoms with Crippen molar-refractivity contribution in [3.8, 4) is 11.3 Å². The molecule has 0 fully saturated rings. The molecule has 0 aliphatic heterocycles. The topological polar surface area (TPSA) is 58.3 Å². The van der Waals surface area contributed by atoms with Gasteiger partial charge in [0.05, 0.1) is 12.8 Å². The van der Waals surface area contributed by atoms with E-state index in [0.717, 1.165) is 23.4 Å². The lowest BCUT2D eigenvalue weighted by molar-refractivity contribution is 0.282. The van der Waals surface area contributed by atoms with Crippen molar-refractivity contribution in [3.63, 3.8) is 0 Å². The molecule has 4 rings (SSSR count). The van der Waals surface area contributed by atoms with Crippen LogP contribution in [-0.4, -0.2) is 10.1 Å². The molecule has 5 heteroatoms. The van der Waals surface area contributed by atoms with Gasteiger partial charge in [-0.3, -0.25) is 0 Å². The summed E-state index contributed by atoms with van der Waals surface area (Å²) >= 11 is 1.75. The number of fused-ring (bicyclic) bond motifs is 1. The minimum atomic E-state index is -0.0492. The third-order valence-electron chi connectivity index (χ3n) is 3.99. The molecule has 120 valence electrons.